The molecular weight excluding hydrogens is 468 g/mol. The van der Waals surface area contributed by atoms with Crippen molar-refractivity contribution in [3.05, 3.63) is 81.4 Å². The van der Waals surface area contributed by atoms with Gasteiger partial charge in [-0.3, -0.25) is 14.5 Å². The molecule has 0 bridgehead atoms. The minimum Gasteiger partial charge on any atom is -0.507 e. The van der Waals surface area contributed by atoms with E-state index in [0.29, 0.717) is 22.6 Å². The van der Waals surface area contributed by atoms with Gasteiger partial charge in [-0.2, -0.15) is 0 Å². The normalized spacial score (nSPS) is 17.0. The average molecular weight is 493 g/mol. The molecule has 9 heteroatoms. The predicted octanol–water partition coefficient (Wildman–Crippen LogP) is 4.57. The Morgan fingerprint density at radius 2 is 1.74 bits per heavy atom. The SMILES string of the molecule is CCOC(=O)c1sc(N2C(=O)C(=O)/C(=C(/O)c3ccc(OC)cc3)[C@H]2c2ccc(C)cc2)nc1C. The van der Waals surface area contributed by atoms with Crippen molar-refractivity contribution in [2.45, 2.75) is 26.8 Å². The van der Waals surface area contributed by atoms with E-state index in [4.69, 9.17) is 9.47 Å². The second kappa shape index (κ2) is 9.71. The number of hydrogen-bond acceptors (Lipinski definition) is 8. The first kappa shape index (κ1) is 24.2. The van der Waals surface area contributed by atoms with Gasteiger partial charge in [0, 0.05) is 5.56 Å². The first-order valence-electron chi connectivity index (χ1n) is 10.9. The highest BCUT2D eigenvalue weighted by Gasteiger charge is 2.48. The number of rotatable bonds is 6. The van der Waals surface area contributed by atoms with Crippen LogP contribution in [0.4, 0.5) is 5.13 Å². The maximum atomic E-state index is 13.3. The van der Waals surface area contributed by atoms with Gasteiger partial charge >= 0.3 is 11.9 Å². The fourth-order valence-corrected chi connectivity index (χ4v) is 4.86. The van der Waals surface area contributed by atoms with Gasteiger partial charge in [0.15, 0.2) is 5.13 Å². The fourth-order valence-electron chi connectivity index (χ4n) is 3.87. The number of ether oxygens (including phenoxy) is 2. The van der Waals surface area contributed by atoms with Crippen LogP contribution < -0.4 is 9.64 Å². The molecule has 1 amide bonds. The number of aliphatic hydroxyl groups excluding tert-OH is 1. The van der Waals surface area contributed by atoms with Crippen molar-refractivity contribution in [2.75, 3.05) is 18.6 Å². The van der Waals surface area contributed by atoms with Crippen LogP contribution >= 0.6 is 11.3 Å². The number of anilines is 1. The van der Waals surface area contributed by atoms with Gasteiger partial charge < -0.3 is 14.6 Å². The minimum absolute atomic E-state index is 0.0606. The zero-order valence-corrected chi connectivity index (χ0v) is 20.5. The molecule has 0 aliphatic carbocycles. The number of methoxy groups -OCH3 is 1. The molecule has 0 spiro atoms. The van der Waals surface area contributed by atoms with E-state index in [1.807, 2.05) is 19.1 Å². The third kappa shape index (κ3) is 4.42. The second-order valence-corrected chi connectivity index (χ2v) is 8.92. The third-order valence-electron chi connectivity index (χ3n) is 5.65. The Labute approximate surface area is 206 Å². The summed E-state index contributed by atoms with van der Waals surface area (Å²) in [6.45, 7) is 5.46. The standard InChI is InChI=1S/C26H24N2O6S/c1-5-34-25(32)23-15(3)27-26(35-23)28-20(16-8-6-14(2)7-9-16)19(22(30)24(28)31)21(29)17-10-12-18(33-4)13-11-17/h6-13,20,29H,5H2,1-4H3/b21-19+/t20-/m1/s1. The summed E-state index contributed by atoms with van der Waals surface area (Å²) in [5.41, 5.74) is 2.31. The van der Waals surface area contributed by atoms with Crippen LogP contribution in [0.2, 0.25) is 0 Å². The van der Waals surface area contributed by atoms with Crippen LogP contribution in [0.15, 0.2) is 54.1 Å². The highest BCUT2D eigenvalue weighted by Crippen LogP contribution is 2.44. The molecule has 3 aromatic rings. The number of carbonyl (C=O) groups is 3. The number of thiazole rings is 1. The third-order valence-corrected chi connectivity index (χ3v) is 6.79. The van der Waals surface area contributed by atoms with Gasteiger partial charge in [-0.1, -0.05) is 41.2 Å². The fraction of sp³-hybridized carbons (Fsp3) is 0.231. The summed E-state index contributed by atoms with van der Waals surface area (Å²) >= 11 is 0.973. The number of ketones is 1. The summed E-state index contributed by atoms with van der Waals surface area (Å²) in [4.78, 5) is 44.8. The number of esters is 1. The lowest BCUT2D eigenvalue weighted by molar-refractivity contribution is -0.132. The van der Waals surface area contributed by atoms with E-state index in [9.17, 15) is 19.5 Å². The first-order chi connectivity index (χ1) is 16.8. The highest BCUT2D eigenvalue weighted by atomic mass is 32.1. The maximum Gasteiger partial charge on any atom is 0.350 e. The zero-order valence-electron chi connectivity index (χ0n) is 19.7. The van der Waals surface area contributed by atoms with Crippen LogP contribution in [-0.2, 0) is 14.3 Å². The summed E-state index contributed by atoms with van der Waals surface area (Å²) in [5, 5.41) is 11.4. The topological polar surface area (TPSA) is 106 Å². The van der Waals surface area contributed by atoms with Gasteiger partial charge in [-0.05, 0) is 50.6 Å². The Kier molecular flexibility index (Phi) is 6.70. The molecule has 1 N–H and O–H groups in total. The molecule has 1 aliphatic rings. The molecule has 8 nitrogen and oxygen atoms in total. The van der Waals surface area contributed by atoms with Crippen LogP contribution in [0.5, 0.6) is 5.75 Å². The molecule has 1 aliphatic heterocycles. The number of aryl methyl sites for hydroxylation is 2. The summed E-state index contributed by atoms with van der Waals surface area (Å²) in [6, 6.07) is 12.9. The van der Waals surface area contributed by atoms with Crippen molar-refractivity contribution < 1.29 is 29.0 Å². The Morgan fingerprint density at radius 3 is 2.34 bits per heavy atom. The van der Waals surface area contributed by atoms with Gasteiger partial charge in [0.25, 0.3) is 5.78 Å². The van der Waals surface area contributed by atoms with Crippen LogP contribution in [-0.4, -0.2) is 41.5 Å². The molecule has 0 unspecified atom stereocenters. The number of Topliss-reactive ketones (excluding diaryl/α,β-unsaturated/α-hetero) is 1. The maximum absolute atomic E-state index is 13.3. The number of amides is 1. The van der Waals surface area contributed by atoms with Crippen LogP contribution in [0, 0.1) is 13.8 Å². The number of hydrogen-bond donors (Lipinski definition) is 1. The number of aliphatic hydroxyl groups is 1. The molecule has 180 valence electrons. The molecular formula is C26H24N2O6S. The average Bonchev–Trinajstić information content (AvgIpc) is 3.36. The van der Waals surface area contributed by atoms with E-state index in [0.717, 1.165) is 16.9 Å². The van der Waals surface area contributed by atoms with Gasteiger partial charge in [-0.15, -0.1) is 0 Å². The Balaban J connectivity index is 1.89. The zero-order chi connectivity index (χ0) is 25.3. The molecule has 1 fully saturated rings. The monoisotopic (exact) mass is 492 g/mol. The van der Waals surface area contributed by atoms with E-state index < -0.39 is 23.7 Å². The molecule has 4 rings (SSSR count). The lowest BCUT2D eigenvalue weighted by atomic mass is 9.95. The molecule has 1 saturated heterocycles. The van der Waals surface area contributed by atoms with Crippen molar-refractivity contribution in [3.8, 4) is 5.75 Å². The Hall–Kier alpha value is -3.98. The van der Waals surface area contributed by atoms with Crippen molar-refractivity contribution in [1.29, 1.82) is 0 Å². The number of nitrogens with zero attached hydrogens (tertiary/aromatic N) is 2. The molecule has 0 radical (unpaired) electrons. The van der Waals surface area contributed by atoms with E-state index in [2.05, 4.69) is 4.98 Å². The van der Waals surface area contributed by atoms with E-state index in [1.165, 1.54) is 12.0 Å². The van der Waals surface area contributed by atoms with E-state index in [1.54, 1.807) is 50.2 Å². The lowest BCUT2D eigenvalue weighted by Crippen LogP contribution is -2.29. The summed E-state index contributed by atoms with van der Waals surface area (Å²) in [6.07, 6.45) is 0. The van der Waals surface area contributed by atoms with Gasteiger partial charge in [0.2, 0.25) is 0 Å². The van der Waals surface area contributed by atoms with Gasteiger partial charge in [-0.25, -0.2) is 9.78 Å². The first-order valence-corrected chi connectivity index (χ1v) is 11.7. The number of benzene rings is 2. The van der Waals surface area contributed by atoms with Crippen molar-refractivity contribution in [3.63, 3.8) is 0 Å². The summed E-state index contributed by atoms with van der Waals surface area (Å²) in [7, 11) is 1.53. The Morgan fingerprint density at radius 1 is 1.09 bits per heavy atom. The quantitative estimate of drug-likeness (QED) is 0.232. The predicted molar refractivity (Wildman–Crippen MR) is 132 cm³/mol. The molecule has 2 aromatic carbocycles. The van der Waals surface area contributed by atoms with Gasteiger partial charge in [0.05, 0.1) is 31.0 Å². The molecule has 1 aromatic heterocycles. The molecule has 1 atom stereocenters. The number of carbonyl (C=O) groups excluding carboxylic acids is 3. The second-order valence-electron chi connectivity index (χ2n) is 7.94. The lowest BCUT2D eigenvalue weighted by Gasteiger charge is -2.23. The molecule has 2 heterocycles. The number of aromatic nitrogens is 1. The summed E-state index contributed by atoms with van der Waals surface area (Å²) < 4.78 is 10.3. The van der Waals surface area contributed by atoms with Gasteiger partial charge in [0.1, 0.15) is 16.4 Å². The van der Waals surface area contributed by atoms with Crippen LogP contribution in [0.1, 0.15) is 45.0 Å². The highest BCUT2D eigenvalue weighted by molar-refractivity contribution is 7.17. The van der Waals surface area contributed by atoms with Crippen molar-refractivity contribution >= 4 is 39.9 Å². The largest absolute Gasteiger partial charge is 0.507 e. The van der Waals surface area contributed by atoms with E-state index >= 15 is 0 Å². The Bertz CT molecular complexity index is 1320. The molecule has 35 heavy (non-hydrogen) atoms. The van der Waals surface area contributed by atoms with Crippen LogP contribution in [0.25, 0.3) is 5.76 Å². The van der Waals surface area contributed by atoms with Crippen LogP contribution in [0.3, 0.4) is 0 Å². The van der Waals surface area contributed by atoms with Crippen molar-refractivity contribution in [1.82, 2.24) is 4.98 Å². The van der Waals surface area contributed by atoms with E-state index in [-0.39, 0.29) is 27.9 Å². The molecule has 0 saturated carbocycles. The van der Waals surface area contributed by atoms with Crippen molar-refractivity contribution in [2.24, 2.45) is 0 Å². The minimum atomic E-state index is -0.932. The summed E-state index contributed by atoms with van der Waals surface area (Å²) in [5.74, 6) is -1.94. The smallest absolute Gasteiger partial charge is 0.350 e.